The number of hydrogen-bond acceptors (Lipinski definition) is 3. The molecule has 0 bridgehead atoms. The molecule has 1 amide bonds. The van der Waals surface area contributed by atoms with Gasteiger partial charge in [0.25, 0.3) is 0 Å². The first-order chi connectivity index (χ1) is 12.0. The number of fused-ring (bicyclic) bond motifs is 1. The van der Waals surface area contributed by atoms with Crippen molar-refractivity contribution in [3.63, 3.8) is 0 Å². The molecule has 136 valence electrons. The molecule has 1 aromatic heterocycles. The minimum Gasteiger partial charge on any atom is -0.386 e. The monoisotopic (exact) mass is 355 g/mol. The van der Waals surface area contributed by atoms with Crippen molar-refractivity contribution in [2.75, 3.05) is 5.32 Å². The summed E-state index contributed by atoms with van der Waals surface area (Å²) in [5.74, 6) is -0.216. The molecule has 1 fully saturated rings. The maximum absolute atomic E-state index is 14.7. The molecule has 2 aromatic rings. The van der Waals surface area contributed by atoms with Gasteiger partial charge in [-0.25, -0.2) is 9.37 Å². The minimum absolute atomic E-state index is 0.128. The molecule has 1 aromatic carbocycles. The zero-order chi connectivity index (χ0) is 19.3. The fourth-order valence-corrected chi connectivity index (χ4v) is 3.26. The Balaban J connectivity index is 2.08. The minimum atomic E-state index is -1.15. The highest BCUT2D eigenvalue weighted by atomic mass is 19.1. The summed E-state index contributed by atoms with van der Waals surface area (Å²) in [5, 5.41) is 13.0. The normalized spacial score (nSPS) is 15.8. The number of carbonyl (C=O) groups is 1. The van der Waals surface area contributed by atoms with Crippen LogP contribution in [0.5, 0.6) is 0 Å². The number of halogens is 1. The number of imidazole rings is 1. The van der Waals surface area contributed by atoms with Crippen LogP contribution in [-0.4, -0.2) is 44.1 Å². The third kappa shape index (κ3) is 3.82. The number of nitrogens with one attached hydrogen (secondary N) is 1. The second-order valence-electron chi connectivity index (χ2n) is 9.06. The molecule has 0 radical (unpaired) electrons. The molecule has 1 heterocycles. The van der Waals surface area contributed by atoms with Gasteiger partial charge in [0.05, 0.1) is 34.7 Å². The third-order valence-electron chi connectivity index (χ3n) is 4.84. The Morgan fingerprint density at radius 3 is 2.54 bits per heavy atom. The first-order valence-corrected chi connectivity index (χ1v) is 9.20. The molecular formula is C17H25B3FN3O2. The maximum Gasteiger partial charge on any atom is 0.225 e. The van der Waals surface area contributed by atoms with E-state index in [-0.39, 0.29) is 22.6 Å². The Kier molecular flexibility index (Phi) is 4.71. The number of anilines is 1. The van der Waals surface area contributed by atoms with Crippen molar-refractivity contribution >= 4 is 46.4 Å². The van der Waals surface area contributed by atoms with Crippen LogP contribution in [0.25, 0.3) is 11.0 Å². The van der Waals surface area contributed by atoms with Crippen LogP contribution in [0.1, 0.15) is 51.1 Å². The number of aromatic nitrogens is 2. The lowest BCUT2D eigenvalue weighted by Gasteiger charge is -2.29. The van der Waals surface area contributed by atoms with Crippen molar-refractivity contribution in [3.05, 3.63) is 23.5 Å². The van der Waals surface area contributed by atoms with Gasteiger partial charge in [-0.3, -0.25) is 10.1 Å². The number of hydrogen-bond donors (Lipinski definition) is 2. The summed E-state index contributed by atoms with van der Waals surface area (Å²) in [5.41, 5.74) is 0.198. The van der Waals surface area contributed by atoms with Crippen molar-refractivity contribution in [1.82, 2.24) is 9.55 Å². The molecule has 26 heavy (non-hydrogen) atoms. The lowest BCUT2D eigenvalue weighted by molar-refractivity contribution is -0.116. The average molecular weight is 355 g/mol. The Morgan fingerprint density at radius 2 is 2.04 bits per heavy atom. The van der Waals surface area contributed by atoms with E-state index in [0.717, 1.165) is 19.3 Å². The average Bonchev–Trinajstić information content (AvgIpc) is 2.73. The van der Waals surface area contributed by atoms with Gasteiger partial charge in [-0.1, -0.05) is 0 Å². The van der Waals surface area contributed by atoms with Gasteiger partial charge < -0.3 is 9.67 Å². The molecule has 1 aliphatic carbocycles. The number of nitrogens with zero attached hydrogens (tertiary/aromatic N) is 2. The summed E-state index contributed by atoms with van der Waals surface area (Å²) < 4.78 is 16.6. The van der Waals surface area contributed by atoms with Crippen LogP contribution in [-0.2, 0) is 10.4 Å². The summed E-state index contributed by atoms with van der Waals surface area (Å²) in [6, 6.07) is 3.30. The number of amides is 1. The predicted octanol–water partition coefficient (Wildman–Crippen LogP) is 0.429. The van der Waals surface area contributed by atoms with E-state index in [0.29, 0.717) is 23.4 Å². The van der Waals surface area contributed by atoms with E-state index in [1.807, 2.05) is 28.1 Å². The van der Waals surface area contributed by atoms with Gasteiger partial charge in [-0.05, 0) is 50.8 Å². The van der Waals surface area contributed by atoms with Crippen molar-refractivity contribution in [3.8, 4) is 0 Å². The SMILES string of the molecule is BC(B)(B)CC(=O)Nc1nc2c(F)cc(C(C)(C)O)cc2n1C1CCC1. The maximum atomic E-state index is 14.7. The highest BCUT2D eigenvalue weighted by Crippen LogP contribution is 2.39. The lowest BCUT2D eigenvalue weighted by Crippen LogP contribution is -2.26. The molecule has 0 atom stereocenters. The molecule has 3 rings (SSSR count). The quantitative estimate of drug-likeness (QED) is 0.765. The van der Waals surface area contributed by atoms with E-state index >= 15 is 0 Å². The van der Waals surface area contributed by atoms with E-state index in [9.17, 15) is 14.3 Å². The summed E-state index contributed by atoms with van der Waals surface area (Å²) in [7, 11) is 5.99. The van der Waals surface area contributed by atoms with Crippen LogP contribution < -0.4 is 5.32 Å². The summed E-state index contributed by atoms with van der Waals surface area (Å²) in [4.78, 5) is 16.8. The Labute approximate surface area is 156 Å². The van der Waals surface area contributed by atoms with Crippen LogP contribution in [0.2, 0.25) is 5.11 Å². The van der Waals surface area contributed by atoms with Crippen LogP contribution >= 0.6 is 0 Å². The van der Waals surface area contributed by atoms with Crippen molar-refractivity contribution in [2.24, 2.45) is 0 Å². The molecule has 2 N–H and O–H groups in total. The topological polar surface area (TPSA) is 67.2 Å². The Hall–Kier alpha value is -1.76. The molecule has 0 aliphatic heterocycles. The smallest absolute Gasteiger partial charge is 0.225 e. The second-order valence-corrected chi connectivity index (χ2v) is 9.06. The van der Waals surface area contributed by atoms with E-state index in [1.54, 1.807) is 19.9 Å². The van der Waals surface area contributed by atoms with Crippen molar-refractivity contribution in [2.45, 2.75) is 56.3 Å². The fraction of sp³-hybridized carbons (Fsp3) is 0.529. The molecule has 0 spiro atoms. The van der Waals surface area contributed by atoms with Gasteiger partial charge >= 0.3 is 0 Å². The van der Waals surface area contributed by atoms with Crippen molar-refractivity contribution < 1.29 is 14.3 Å². The molecular weight excluding hydrogens is 330 g/mol. The van der Waals surface area contributed by atoms with E-state index in [2.05, 4.69) is 10.3 Å². The van der Waals surface area contributed by atoms with Gasteiger partial charge in [0.2, 0.25) is 11.9 Å². The fourth-order valence-electron chi connectivity index (χ4n) is 3.26. The van der Waals surface area contributed by atoms with Crippen LogP contribution in [0.15, 0.2) is 12.1 Å². The first-order valence-electron chi connectivity index (χ1n) is 9.20. The number of benzene rings is 1. The molecule has 5 nitrogen and oxygen atoms in total. The summed E-state index contributed by atoms with van der Waals surface area (Å²) >= 11 is 0. The van der Waals surface area contributed by atoms with Crippen LogP contribution in [0, 0.1) is 5.82 Å². The van der Waals surface area contributed by atoms with Crippen LogP contribution in [0.3, 0.4) is 0 Å². The number of aliphatic hydroxyl groups is 1. The van der Waals surface area contributed by atoms with Gasteiger partial charge in [0.1, 0.15) is 5.52 Å². The highest BCUT2D eigenvalue weighted by molar-refractivity contribution is 6.59. The molecule has 9 heteroatoms. The van der Waals surface area contributed by atoms with Gasteiger partial charge in [0.15, 0.2) is 5.82 Å². The number of rotatable bonds is 5. The van der Waals surface area contributed by atoms with Crippen LogP contribution in [0.4, 0.5) is 10.3 Å². The summed E-state index contributed by atoms with van der Waals surface area (Å²) in [6.07, 6.45) is 3.41. The molecule has 0 unspecified atom stereocenters. The van der Waals surface area contributed by atoms with Gasteiger partial charge in [-0.15, -0.1) is 5.11 Å². The largest absolute Gasteiger partial charge is 0.386 e. The van der Waals surface area contributed by atoms with E-state index in [4.69, 9.17) is 0 Å². The van der Waals surface area contributed by atoms with Crippen molar-refractivity contribution in [1.29, 1.82) is 0 Å². The van der Waals surface area contributed by atoms with Gasteiger partial charge in [0, 0.05) is 12.5 Å². The summed E-state index contributed by atoms with van der Waals surface area (Å²) in [6.45, 7) is 3.26. The zero-order valence-corrected chi connectivity index (χ0v) is 16.2. The number of carbonyl (C=O) groups excluding carboxylic acids is 1. The lowest BCUT2D eigenvalue weighted by atomic mass is 9.41. The Bertz CT molecular complexity index is 852. The standard InChI is InChI=1S/C17H25B3FN3O2/c1-16(2,26)9-6-11(21)14-12(7-9)24(10-4-3-5-10)15(23-14)22-13(25)8-17(18,19)20/h6-7,10,26H,3-5,8,18-20H2,1-2H3,(H,22,23,25). The predicted molar refractivity (Wildman–Crippen MR) is 109 cm³/mol. The third-order valence-corrected chi connectivity index (χ3v) is 4.84. The molecule has 1 aliphatic rings. The zero-order valence-electron chi connectivity index (χ0n) is 16.2. The molecule has 0 saturated heterocycles. The molecule has 1 saturated carbocycles. The second kappa shape index (κ2) is 6.45. The van der Waals surface area contributed by atoms with Gasteiger partial charge in [-0.2, -0.15) is 0 Å². The van der Waals surface area contributed by atoms with E-state index in [1.165, 1.54) is 6.07 Å². The Morgan fingerprint density at radius 1 is 1.38 bits per heavy atom. The van der Waals surface area contributed by atoms with E-state index < -0.39 is 11.4 Å². The first kappa shape index (κ1) is 19.0. The highest BCUT2D eigenvalue weighted by Gasteiger charge is 2.29.